The summed E-state index contributed by atoms with van der Waals surface area (Å²) in [4.78, 5) is 0. The summed E-state index contributed by atoms with van der Waals surface area (Å²) < 4.78 is 11.0. The quantitative estimate of drug-likeness (QED) is 0.766. The van der Waals surface area contributed by atoms with E-state index in [0.29, 0.717) is 16.5 Å². The first-order chi connectivity index (χ1) is 12.1. The Hall–Kier alpha value is -2.33. The Morgan fingerprint density at radius 3 is 2.32 bits per heavy atom. The molecule has 1 heterocycles. The topological polar surface area (TPSA) is 43.2 Å². The standard InChI is InChI=1S/C20H21ClN2O2/c1-5-13-12(2)22-23-20(14-8-6-7-9-17(14)21)16-11-19(25-4)18(24-3)10-15(13)16/h6-11,13H,5H2,1-4H3. The van der Waals surface area contributed by atoms with E-state index in [1.54, 1.807) is 14.2 Å². The molecular formula is C20H21ClN2O2. The second-order valence-electron chi connectivity index (χ2n) is 5.93. The van der Waals surface area contributed by atoms with Gasteiger partial charge in [0, 0.05) is 22.8 Å². The van der Waals surface area contributed by atoms with Crippen molar-refractivity contribution in [1.29, 1.82) is 0 Å². The van der Waals surface area contributed by atoms with Crippen molar-refractivity contribution in [3.8, 4) is 11.5 Å². The molecule has 0 saturated carbocycles. The van der Waals surface area contributed by atoms with E-state index in [-0.39, 0.29) is 5.92 Å². The van der Waals surface area contributed by atoms with Gasteiger partial charge in [-0.1, -0.05) is 36.7 Å². The highest BCUT2D eigenvalue weighted by Crippen LogP contribution is 2.38. The number of benzene rings is 2. The number of fused-ring (bicyclic) bond motifs is 1. The van der Waals surface area contributed by atoms with Gasteiger partial charge in [-0.05, 0) is 37.1 Å². The zero-order valence-corrected chi connectivity index (χ0v) is 15.6. The Kier molecular flexibility index (Phi) is 5.09. The highest BCUT2D eigenvalue weighted by molar-refractivity contribution is 6.35. The van der Waals surface area contributed by atoms with Gasteiger partial charge >= 0.3 is 0 Å². The predicted molar refractivity (Wildman–Crippen MR) is 103 cm³/mol. The van der Waals surface area contributed by atoms with Crippen LogP contribution in [0.25, 0.3) is 0 Å². The molecule has 25 heavy (non-hydrogen) atoms. The van der Waals surface area contributed by atoms with Gasteiger partial charge in [-0.3, -0.25) is 0 Å². The lowest BCUT2D eigenvalue weighted by Crippen LogP contribution is -2.13. The second kappa shape index (κ2) is 7.28. The minimum absolute atomic E-state index is 0.165. The molecular weight excluding hydrogens is 336 g/mol. The minimum Gasteiger partial charge on any atom is -0.493 e. The van der Waals surface area contributed by atoms with E-state index < -0.39 is 0 Å². The number of nitrogens with zero attached hydrogens (tertiary/aromatic N) is 2. The van der Waals surface area contributed by atoms with E-state index >= 15 is 0 Å². The van der Waals surface area contributed by atoms with Gasteiger partial charge in [0.25, 0.3) is 0 Å². The van der Waals surface area contributed by atoms with E-state index in [4.69, 9.17) is 21.1 Å². The van der Waals surface area contributed by atoms with Gasteiger partial charge in [-0.15, -0.1) is 5.10 Å². The maximum atomic E-state index is 6.43. The van der Waals surface area contributed by atoms with Crippen LogP contribution in [0.2, 0.25) is 5.02 Å². The van der Waals surface area contributed by atoms with Crippen LogP contribution in [-0.4, -0.2) is 25.6 Å². The summed E-state index contributed by atoms with van der Waals surface area (Å²) in [5.41, 5.74) is 4.66. The summed E-state index contributed by atoms with van der Waals surface area (Å²) in [5, 5.41) is 9.64. The van der Waals surface area contributed by atoms with E-state index in [9.17, 15) is 0 Å². The number of hydrogen-bond acceptors (Lipinski definition) is 4. The molecule has 1 atom stereocenters. The van der Waals surface area contributed by atoms with Crippen molar-refractivity contribution < 1.29 is 9.47 Å². The molecule has 1 unspecified atom stereocenters. The number of halogens is 1. The second-order valence-corrected chi connectivity index (χ2v) is 6.33. The van der Waals surface area contributed by atoms with Crippen molar-refractivity contribution in [2.24, 2.45) is 10.2 Å². The van der Waals surface area contributed by atoms with Gasteiger partial charge in [0.05, 0.1) is 19.2 Å². The maximum absolute atomic E-state index is 6.43. The average molecular weight is 357 g/mol. The van der Waals surface area contributed by atoms with Crippen LogP contribution in [0.4, 0.5) is 0 Å². The third-order valence-electron chi connectivity index (χ3n) is 4.54. The molecule has 2 aromatic carbocycles. The smallest absolute Gasteiger partial charge is 0.161 e. The van der Waals surface area contributed by atoms with E-state index in [2.05, 4.69) is 17.1 Å². The zero-order valence-electron chi connectivity index (χ0n) is 14.8. The van der Waals surface area contributed by atoms with Crippen LogP contribution in [0.5, 0.6) is 11.5 Å². The van der Waals surface area contributed by atoms with E-state index in [0.717, 1.165) is 34.5 Å². The van der Waals surface area contributed by atoms with Gasteiger partial charge in [0.1, 0.15) is 5.71 Å². The molecule has 1 aliphatic heterocycles. The van der Waals surface area contributed by atoms with Crippen molar-refractivity contribution in [3.63, 3.8) is 0 Å². The molecule has 4 nitrogen and oxygen atoms in total. The molecule has 0 radical (unpaired) electrons. The Bertz CT molecular complexity index is 859. The molecule has 0 saturated heterocycles. The van der Waals surface area contributed by atoms with Crippen molar-refractivity contribution in [2.45, 2.75) is 26.2 Å². The first kappa shape index (κ1) is 17.5. The fraction of sp³-hybridized carbons (Fsp3) is 0.300. The first-order valence-corrected chi connectivity index (χ1v) is 8.61. The maximum Gasteiger partial charge on any atom is 0.161 e. The van der Waals surface area contributed by atoms with Crippen LogP contribution in [0.3, 0.4) is 0 Å². The first-order valence-electron chi connectivity index (χ1n) is 8.24. The fourth-order valence-corrected chi connectivity index (χ4v) is 3.46. The predicted octanol–water partition coefficient (Wildman–Crippen LogP) is 5.08. The Morgan fingerprint density at radius 1 is 1.00 bits per heavy atom. The van der Waals surface area contributed by atoms with Crippen LogP contribution in [0.1, 0.15) is 42.9 Å². The van der Waals surface area contributed by atoms with Gasteiger partial charge in [0.2, 0.25) is 0 Å². The minimum atomic E-state index is 0.165. The molecule has 0 aromatic heterocycles. The Morgan fingerprint density at radius 2 is 1.68 bits per heavy atom. The van der Waals surface area contributed by atoms with Crippen molar-refractivity contribution in [3.05, 3.63) is 58.1 Å². The van der Waals surface area contributed by atoms with Crippen LogP contribution < -0.4 is 9.47 Å². The lowest BCUT2D eigenvalue weighted by Gasteiger charge is -2.20. The average Bonchev–Trinajstić information content (AvgIpc) is 2.76. The highest BCUT2D eigenvalue weighted by atomic mass is 35.5. The number of rotatable bonds is 4. The van der Waals surface area contributed by atoms with Gasteiger partial charge in [-0.2, -0.15) is 5.10 Å². The summed E-state index contributed by atoms with van der Waals surface area (Å²) in [6.45, 7) is 4.15. The summed E-state index contributed by atoms with van der Waals surface area (Å²) in [6.07, 6.45) is 0.920. The fourth-order valence-electron chi connectivity index (χ4n) is 3.23. The SMILES string of the molecule is CCC1C(C)=NN=C(c2ccccc2Cl)c2cc(OC)c(OC)cc21. The largest absolute Gasteiger partial charge is 0.493 e. The molecule has 0 amide bonds. The molecule has 0 N–H and O–H groups in total. The van der Waals surface area contributed by atoms with Crippen molar-refractivity contribution in [2.75, 3.05) is 14.2 Å². The molecule has 0 aliphatic carbocycles. The monoisotopic (exact) mass is 356 g/mol. The van der Waals surface area contributed by atoms with Gasteiger partial charge < -0.3 is 9.47 Å². The molecule has 1 aliphatic rings. The van der Waals surface area contributed by atoms with E-state index in [1.165, 1.54) is 0 Å². The molecule has 130 valence electrons. The van der Waals surface area contributed by atoms with Crippen molar-refractivity contribution in [1.82, 2.24) is 0 Å². The van der Waals surface area contributed by atoms with Crippen LogP contribution in [0.15, 0.2) is 46.6 Å². The highest BCUT2D eigenvalue weighted by Gasteiger charge is 2.26. The summed E-state index contributed by atoms with van der Waals surface area (Å²) in [6, 6.07) is 11.7. The molecule has 0 bridgehead atoms. The number of hydrogen-bond donors (Lipinski definition) is 0. The molecule has 5 heteroatoms. The Balaban J connectivity index is 2.31. The van der Waals surface area contributed by atoms with Crippen LogP contribution >= 0.6 is 11.6 Å². The van der Waals surface area contributed by atoms with Gasteiger partial charge in [-0.25, -0.2) is 0 Å². The third-order valence-corrected chi connectivity index (χ3v) is 4.87. The Labute approximate surface area is 153 Å². The van der Waals surface area contributed by atoms with Crippen LogP contribution in [-0.2, 0) is 0 Å². The molecule has 2 aromatic rings. The van der Waals surface area contributed by atoms with E-state index in [1.807, 2.05) is 43.3 Å². The van der Waals surface area contributed by atoms with Gasteiger partial charge in [0.15, 0.2) is 11.5 Å². The van der Waals surface area contributed by atoms with Crippen LogP contribution in [0, 0.1) is 0 Å². The summed E-state index contributed by atoms with van der Waals surface area (Å²) in [7, 11) is 3.28. The lowest BCUT2D eigenvalue weighted by atomic mass is 9.85. The molecule has 0 spiro atoms. The summed E-state index contributed by atoms with van der Waals surface area (Å²) in [5.74, 6) is 1.53. The molecule has 0 fully saturated rings. The zero-order chi connectivity index (χ0) is 18.0. The number of ether oxygens (including phenoxy) is 2. The summed E-state index contributed by atoms with van der Waals surface area (Å²) >= 11 is 6.43. The molecule has 3 rings (SSSR count). The number of methoxy groups -OCH3 is 2. The van der Waals surface area contributed by atoms with Crippen molar-refractivity contribution >= 4 is 23.0 Å². The lowest BCUT2D eigenvalue weighted by molar-refractivity contribution is 0.354. The third kappa shape index (κ3) is 3.14. The normalized spacial score (nSPS) is 16.4.